The van der Waals surface area contributed by atoms with Gasteiger partial charge in [-0.3, -0.25) is 9.69 Å². The fourth-order valence-electron chi connectivity index (χ4n) is 2.01. The lowest BCUT2D eigenvalue weighted by molar-refractivity contribution is -0.136. The zero-order valence-corrected chi connectivity index (χ0v) is 10.9. The van der Waals surface area contributed by atoms with Crippen LogP contribution in [0.2, 0.25) is 0 Å². The lowest BCUT2D eigenvalue weighted by Gasteiger charge is -2.34. The van der Waals surface area contributed by atoms with E-state index in [1.165, 1.54) is 6.42 Å². The molecule has 1 rings (SSSR count). The van der Waals surface area contributed by atoms with E-state index in [4.69, 9.17) is 4.74 Å². The van der Waals surface area contributed by atoms with Crippen molar-refractivity contribution in [1.82, 2.24) is 9.80 Å². The maximum Gasteiger partial charge on any atom is 0.236 e. The van der Waals surface area contributed by atoms with Gasteiger partial charge in [0, 0.05) is 26.7 Å². The first-order chi connectivity index (χ1) is 8.27. The second-order valence-electron chi connectivity index (χ2n) is 4.43. The Bertz CT molecular complexity index is 244. The number of rotatable bonds is 8. The van der Waals surface area contributed by atoms with Gasteiger partial charge in [0.1, 0.15) is 0 Å². The Morgan fingerprint density at radius 3 is 2.82 bits per heavy atom. The lowest BCUT2D eigenvalue weighted by Crippen LogP contribution is -2.51. The molecular weight excluding hydrogens is 216 g/mol. The summed E-state index contributed by atoms with van der Waals surface area (Å²) in [5.41, 5.74) is 0. The van der Waals surface area contributed by atoms with E-state index in [1.807, 2.05) is 11.0 Å². The van der Waals surface area contributed by atoms with E-state index in [-0.39, 0.29) is 5.91 Å². The van der Waals surface area contributed by atoms with Crippen molar-refractivity contribution in [2.75, 3.05) is 46.4 Å². The smallest absolute Gasteiger partial charge is 0.236 e. The molecule has 1 saturated heterocycles. The molecule has 0 aromatic carbocycles. The number of hydrogen-bond donors (Lipinski definition) is 0. The number of carbonyl (C=O) groups excluding carboxylic acids is 1. The van der Waals surface area contributed by atoms with Crippen molar-refractivity contribution in [3.05, 3.63) is 12.7 Å². The Morgan fingerprint density at radius 1 is 1.35 bits per heavy atom. The normalized spacial score (nSPS) is 17.5. The third kappa shape index (κ3) is 5.33. The van der Waals surface area contributed by atoms with Crippen LogP contribution in [-0.4, -0.2) is 62.1 Å². The molecule has 1 heterocycles. The van der Waals surface area contributed by atoms with E-state index >= 15 is 0 Å². The molecule has 0 bridgehead atoms. The number of carbonyl (C=O) groups is 1. The number of methoxy groups -OCH3 is 1. The van der Waals surface area contributed by atoms with Gasteiger partial charge in [-0.15, -0.1) is 6.58 Å². The van der Waals surface area contributed by atoms with E-state index < -0.39 is 0 Å². The van der Waals surface area contributed by atoms with Gasteiger partial charge in [-0.25, -0.2) is 0 Å². The molecule has 1 fully saturated rings. The number of unbranched alkanes of at least 4 members (excludes halogenated alkanes) is 2. The first-order valence-corrected chi connectivity index (χ1v) is 6.38. The van der Waals surface area contributed by atoms with Crippen LogP contribution < -0.4 is 0 Å². The average molecular weight is 240 g/mol. The van der Waals surface area contributed by atoms with Gasteiger partial charge >= 0.3 is 0 Å². The van der Waals surface area contributed by atoms with E-state index in [0.29, 0.717) is 13.2 Å². The Hall–Kier alpha value is -0.870. The third-order valence-corrected chi connectivity index (χ3v) is 3.10. The van der Waals surface area contributed by atoms with Crippen molar-refractivity contribution < 1.29 is 9.53 Å². The molecule has 1 amide bonds. The predicted octanol–water partition coefficient (Wildman–Crippen LogP) is 1.13. The van der Waals surface area contributed by atoms with Crippen molar-refractivity contribution in [2.24, 2.45) is 0 Å². The van der Waals surface area contributed by atoms with Crippen LogP contribution in [0.25, 0.3) is 0 Å². The summed E-state index contributed by atoms with van der Waals surface area (Å²) in [5.74, 6) is 0.233. The van der Waals surface area contributed by atoms with Crippen LogP contribution in [0.3, 0.4) is 0 Å². The Kier molecular flexibility index (Phi) is 6.89. The molecular formula is C13H24N2O2. The molecule has 17 heavy (non-hydrogen) atoms. The van der Waals surface area contributed by atoms with Crippen molar-refractivity contribution in [3.63, 3.8) is 0 Å². The lowest BCUT2D eigenvalue weighted by atomic mass is 10.2. The molecule has 4 heteroatoms. The second kappa shape index (κ2) is 8.25. The first kappa shape index (κ1) is 14.2. The highest BCUT2D eigenvalue weighted by Crippen LogP contribution is 2.06. The molecule has 0 saturated carbocycles. The van der Waals surface area contributed by atoms with Crippen molar-refractivity contribution >= 4 is 5.91 Å². The van der Waals surface area contributed by atoms with Crippen LogP contribution in [0.15, 0.2) is 12.7 Å². The monoisotopic (exact) mass is 240 g/mol. The maximum absolute atomic E-state index is 11.8. The fraction of sp³-hybridized carbons (Fsp3) is 0.769. The van der Waals surface area contributed by atoms with E-state index in [1.54, 1.807) is 7.11 Å². The minimum Gasteiger partial charge on any atom is -0.383 e. The van der Waals surface area contributed by atoms with Gasteiger partial charge in [-0.1, -0.05) is 6.08 Å². The SMILES string of the molecule is C=CCCCCN1CCN(CCOC)C(=O)C1. The van der Waals surface area contributed by atoms with Gasteiger partial charge < -0.3 is 9.64 Å². The van der Waals surface area contributed by atoms with Crippen molar-refractivity contribution in [2.45, 2.75) is 19.3 Å². The highest BCUT2D eigenvalue weighted by atomic mass is 16.5. The average Bonchev–Trinajstić information content (AvgIpc) is 2.34. The van der Waals surface area contributed by atoms with Crippen molar-refractivity contribution in [3.8, 4) is 0 Å². The van der Waals surface area contributed by atoms with E-state index in [2.05, 4.69) is 11.5 Å². The number of ether oxygens (including phenoxy) is 1. The van der Waals surface area contributed by atoms with Crippen LogP contribution in [0, 0.1) is 0 Å². The Morgan fingerprint density at radius 2 is 2.18 bits per heavy atom. The highest BCUT2D eigenvalue weighted by molar-refractivity contribution is 5.79. The molecule has 0 atom stereocenters. The fourth-order valence-corrected chi connectivity index (χ4v) is 2.01. The maximum atomic E-state index is 11.8. The molecule has 4 nitrogen and oxygen atoms in total. The Labute approximate surface area is 104 Å². The second-order valence-corrected chi connectivity index (χ2v) is 4.43. The topological polar surface area (TPSA) is 32.8 Å². The minimum atomic E-state index is 0.233. The molecule has 0 N–H and O–H groups in total. The van der Waals surface area contributed by atoms with Crippen molar-refractivity contribution in [1.29, 1.82) is 0 Å². The summed E-state index contributed by atoms with van der Waals surface area (Å²) in [6, 6.07) is 0. The molecule has 0 aliphatic carbocycles. The summed E-state index contributed by atoms with van der Waals surface area (Å²) in [6.07, 6.45) is 5.34. The van der Waals surface area contributed by atoms with Gasteiger partial charge in [-0.05, 0) is 25.8 Å². The number of hydrogen-bond acceptors (Lipinski definition) is 3. The number of amides is 1. The third-order valence-electron chi connectivity index (χ3n) is 3.10. The number of allylic oxidation sites excluding steroid dienone is 1. The number of piperazine rings is 1. The minimum absolute atomic E-state index is 0.233. The zero-order chi connectivity index (χ0) is 12.5. The summed E-state index contributed by atoms with van der Waals surface area (Å²) < 4.78 is 4.99. The van der Waals surface area contributed by atoms with Crippen LogP contribution in [0.1, 0.15) is 19.3 Å². The van der Waals surface area contributed by atoms with Crippen LogP contribution in [0.4, 0.5) is 0 Å². The van der Waals surface area contributed by atoms with Crippen LogP contribution >= 0.6 is 0 Å². The molecule has 0 spiro atoms. The molecule has 0 aromatic rings. The molecule has 0 radical (unpaired) electrons. The summed E-state index contributed by atoms with van der Waals surface area (Å²) in [7, 11) is 1.67. The van der Waals surface area contributed by atoms with E-state index in [0.717, 1.165) is 39.0 Å². The first-order valence-electron chi connectivity index (χ1n) is 6.38. The summed E-state index contributed by atoms with van der Waals surface area (Å²) in [6.45, 7) is 8.48. The standard InChI is InChI=1S/C13H24N2O2/c1-3-4-5-6-7-14-8-9-15(10-11-17-2)13(16)12-14/h3H,1,4-12H2,2H3. The zero-order valence-electron chi connectivity index (χ0n) is 10.9. The summed E-state index contributed by atoms with van der Waals surface area (Å²) in [4.78, 5) is 15.9. The molecule has 0 aromatic heterocycles. The molecule has 98 valence electrons. The summed E-state index contributed by atoms with van der Waals surface area (Å²) in [5, 5.41) is 0. The van der Waals surface area contributed by atoms with Gasteiger partial charge in [0.2, 0.25) is 5.91 Å². The van der Waals surface area contributed by atoms with E-state index in [9.17, 15) is 4.79 Å². The van der Waals surface area contributed by atoms with Gasteiger partial charge in [-0.2, -0.15) is 0 Å². The predicted molar refractivity (Wildman–Crippen MR) is 68.9 cm³/mol. The quantitative estimate of drug-likeness (QED) is 0.471. The molecule has 1 aliphatic rings. The van der Waals surface area contributed by atoms with Gasteiger partial charge in [0.15, 0.2) is 0 Å². The summed E-state index contributed by atoms with van der Waals surface area (Å²) >= 11 is 0. The van der Waals surface area contributed by atoms with Crippen LogP contribution in [-0.2, 0) is 9.53 Å². The molecule has 0 unspecified atom stereocenters. The number of nitrogens with zero attached hydrogens (tertiary/aromatic N) is 2. The Balaban J connectivity index is 2.17. The largest absolute Gasteiger partial charge is 0.383 e. The van der Waals surface area contributed by atoms with Gasteiger partial charge in [0.05, 0.1) is 13.2 Å². The van der Waals surface area contributed by atoms with Gasteiger partial charge in [0.25, 0.3) is 0 Å². The van der Waals surface area contributed by atoms with Crippen LogP contribution in [0.5, 0.6) is 0 Å². The molecule has 1 aliphatic heterocycles. The highest BCUT2D eigenvalue weighted by Gasteiger charge is 2.22.